The number of pyridine rings is 1. The van der Waals surface area contributed by atoms with Crippen LogP contribution in [0.25, 0.3) is 44.3 Å². The maximum absolute atomic E-state index is 6.42. The Labute approximate surface area is 170 Å². The lowest BCUT2D eigenvalue weighted by Crippen LogP contribution is -1.90. The highest BCUT2D eigenvalue weighted by atomic mass is 16.3. The Morgan fingerprint density at radius 3 is 2.38 bits per heavy atom. The van der Waals surface area contributed by atoms with Crippen LogP contribution in [0.5, 0.6) is 0 Å². The first-order chi connectivity index (χ1) is 14.1. The van der Waals surface area contributed by atoms with Gasteiger partial charge in [0.05, 0.1) is 5.69 Å². The number of para-hydroxylation sites is 1. The molecule has 0 saturated heterocycles. The average Bonchev–Trinajstić information content (AvgIpc) is 3.14. The van der Waals surface area contributed by atoms with Gasteiger partial charge in [-0.15, -0.1) is 0 Å². The van der Waals surface area contributed by atoms with Crippen molar-refractivity contribution in [1.29, 1.82) is 0 Å². The van der Waals surface area contributed by atoms with Crippen molar-refractivity contribution >= 4 is 21.9 Å². The minimum atomic E-state index is 0.460. The second-order valence-electron chi connectivity index (χ2n) is 7.95. The average molecular weight is 377 g/mol. The summed E-state index contributed by atoms with van der Waals surface area (Å²) in [6.45, 7) is 6.53. The summed E-state index contributed by atoms with van der Waals surface area (Å²) >= 11 is 0. The van der Waals surface area contributed by atoms with Gasteiger partial charge in [0.15, 0.2) is 0 Å². The predicted octanol–water partition coefficient (Wildman–Crippen LogP) is 7.75. The molecule has 0 fully saturated rings. The number of aryl methyl sites for hydroxylation is 1. The van der Waals surface area contributed by atoms with Crippen LogP contribution in [0.1, 0.15) is 30.9 Å². The Bertz CT molecular complexity index is 1330. The fourth-order valence-corrected chi connectivity index (χ4v) is 4.02. The number of fused-ring (bicyclic) bond motifs is 3. The van der Waals surface area contributed by atoms with Crippen LogP contribution in [0.4, 0.5) is 0 Å². The molecule has 5 rings (SSSR count). The summed E-state index contributed by atoms with van der Waals surface area (Å²) in [6.07, 6.45) is 1.89. The van der Waals surface area contributed by atoms with E-state index in [2.05, 4.69) is 92.5 Å². The molecule has 0 spiro atoms. The molecule has 0 saturated carbocycles. The van der Waals surface area contributed by atoms with Gasteiger partial charge >= 0.3 is 0 Å². The van der Waals surface area contributed by atoms with Crippen LogP contribution < -0.4 is 0 Å². The second-order valence-corrected chi connectivity index (χ2v) is 7.95. The van der Waals surface area contributed by atoms with E-state index in [1.165, 1.54) is 16.7 Å². The first-order valence-corrected chi connectivity index (χ1v) is 10.1. The molecular weight excluding hydrogens is 354 g/mol. The van der Waals surface area contributed by atoms with Gasteiger partial charge in [-0.25, -0.2) is 0 Å². The number of furan rings is 1. The lowest BCUT2D eigenvalue weighted by atomic mass is 9.98. The van der Waals surface area contributed by atoms with E-state index in [-0.39, 0.29) is 0 Å². The first-order valence-electron chi connectivity index (χ1n) is 10.1. The lowest BCUT2D eigenvalue weighted by Gasteiger charge is -2.07. The Morgan fingerprint density at radius 2 is 1.59 bits per heavy atom. The lowest BCUT2D eigenvalue weighted by molar-refractivity contribution is 0.666. The number of hydrogen-bond acceptors (Lipinski definition) is 2. The zero-order valence-corrected chi connectivity index (χ0v) is 16.9. The summed E-state index contributed by atoms with van der Waals surface area (Å²) in [4.78, 5) is 4.64. The second kappa shape index (κ2) is 6.89. The van der Waals surface area contributed by atoms with Crippen LogP contribution in [0.3, 0.4) is 0 Å². The van der Waals surface area contributed by atoms with Crippen molar-refractivity contribution in [2.24, 2.45) is 0 Å². The molecule has 5 aromatic rings. The van der Waals surface area contributed by atoms with Crippen molar-refractivity contribution < 1.29 is 4.42 Å². The molecule has 2 aromatic heterocycles. The quantitative estimate of drug-likeness (QED) is 0.321. The molecule has 0 unspecified atom stereocenters. The standard InChI is InChI=1S/C27H23NO/c1-17(2)20-12-13-28-25(16-20)23-11-7-10-22-24-15-21(19-8-5-4-6-9-19)14-18(3)26(24)29-27(22)23/h4-17H,1-3H3. The zero-order chi connectivity index (χ0) is 20.0. The molecule has 142 valence electrons. The van der Waals surface area contributed by atoms with E-state index in [1.54, 1.807) is 0 Å². The number of nitrogens with zero attached hydrogens (tertiary/aromatic N) is 1. The maximum Gasteiger partial charge on any atom is 0.144 e. The monoisotopic (exact) mass is 377 g/mol. The van der Waals surface area contributed by atoms with Crippen molar-refractivity contribution in [2.75, 3.05) is 0 Å². The van der Waals surface area contributed by atoms with Gasteiger partial charge in [-0.3, -0.25) is 4.98 Å². The van der Waals surface area contributed by atoms with Crippen molar-refractivity contribution in [1.82, 2.24) is 4.98 Å². The maximum atomic E-state index is 6.42. The Balaban J connectivity index is 1.76. The number of benzene rings is 3. The Morgan fingerprint density at radius 1 is 0.759 bits per heavy atom. The minimum absolute atomic E-state index is 0.460. The molecule has 0 aliphatic rings. The van der Waals surface area contributed by atoms with E-state index >= 15 is 0 Å². The number of hydrogen-bond donors (Lipinski definition) is 0. The highest BCUT2D eigenvalue weighted by Gasteiger charge is 2.16. The summed E-state index contributed by atoms with van der Waals surface area (Å²) in [5.74, 6) is 0.460. The van der Waals surface area contributed by atoms with Crippen molar-refractivity contribution in [3.63, 3.8) is 0 Å². The third-order valence-corrected chi connectivity index (χ3v) is 5.62. The summed E-state index contributed by atoms with van der Waals surface area (Å²) in [6, 6.07) is 25.6. The molecule has 0 amide bonds. The van der Waals surface area contributed by atoms with Gasteiger partial charge in [0.2, 0.25) is 0 Å². The van der Waals surface area contributed by atoms with Gasteiger partial charge in [-0.05, 0) is 65.4 Å². The summed E-state index contributed by atoms with van der Waals surface area (Å²) < 4.78 is 6.42. The van der Waals surface area contributed by atoms with Gasteiger partial charge in [-0.1, -0.05) is 56.3 Å². The van der Waals surface area contributed by atoms with E-state index in [9.17, 15) is 0 Å². The minimum Gasteiger partial charge on any atom is -0.455 e. The normalized spacial score (nSPS) is 11.6. The Kier molecular flexibility index (Phi) is 4.21. The molecule has 0 aliphatic carbocycles. The van der Waals surface area contributed by atoms with Gasteiger partial charge in [0.1, 0.15) is 11.2 Å². The fourth-order valence-electron chi connectivity index (χ4n) is 4.02. The third kappa shape index (κ3) is 3.01. The van der Waals surface area contributed by atoms with E-state index < -0.39 is 0 Å². The topological polar surface area (TPSA) is 26.0 Å². The van der Waals surface area contributed by atoms with E-state index in [0.717, 1.165) is 38.8 Å². The van der Waals surface area contributed by atoms with Crippen LogP contribution in [0.15, 0.2) is 83.4 Å². The van der Waals surface area contributed by atoms with Crippen LogP contribution in [0.2, 0.25) is 0 Å². The molecule has 29 heavy (non-hydrogen) atoms. The van der Waals surface area contributed by atoms with Crippen molar-refractivity contribution in [2.45, 2.75) is 26.7 Å². The van der Waals surface area contributed by atoms with Crippen LogP contribution in [-0.4, -0.2) is 4.98 Å². The van der Waals surface area contributed by atoms with Crippen molar-refractivity contribution in [3.05, 3.63) is 90.1 Å². The predicted molar refractivity (Wildman–Crippen MR) is 121 cm³/mol. The molecule has 0 aliphatic heterocycles. The van der Waals surface area contributed by atoms with Crippen molar-refractivity contribution in [3.8, 4) is 22.4 Å². The molecule has 2 nitrogen and oxygen atoms in total. The Hall–Kier alpha value is -3.39. The first kappa shape index (κ1) is 17.7. The molecule has 0 N–H and O–H groups in total. The highest BCUT2D eigenvalue weighted by Crippen LogP contribution is 2.38. The molecule has 0 radical (unpaired) electrons. The summed E-state index contributed by atoms with van der Waals surface area (Å²) in [7, 11) is 0. The molecule has 0 atom stereocenters. The molecule has 3 aromatic carbocycles. The molecule has 0 bridgehead atoms. The highest BCUT2D eigenvalue weighted by molar-refractivity contribution is 6.11. The van der Waals surface area contributed by atoms with Crippen LogP contribution in [0, 0.1) is 6.92 Å². The van der Waals surface area contributed by atoms with Gasteiger partial charge in [0.25, 0.3) is 0 Å². The van der Waals surface area contributed by atoms with E-state index in [4.69, 9.17) is 4.42 Å². The molecule has 2 heteroatoms. The zero-order valence-electron chi connectivity index (χ0n) is 16.9. The third-order valence-electron chi connectivity index (χ3n) is 5.62. The van der Waals surface area contributed by atoms with E-state index in [1.807, 2.05) is 12.3 Å². The van der Waals surface area contributed by atoms with Gasteiger partial charge in [-0.2, -0.15) is 0 Å². The van der Waals surface area contributed by atoms with E-state index in [0.29, 0.717) is 5.92 Å². The van der Waals surface area contributed by atoms with Gasteiger partial charge < -0.3 is 4.42 Å². The van der Waals surface area contributed by atoms with Crippen LogP contribution >= 0.6 is 0 Å². The number of rotatable bonds is 3. The van der Waals surface area contributed by atoms with Crippen LogP contribution in [-0.2, 0) is 0 Å². The molecular formula is C27H23NO. The largest absolute Gasteiger partial charge is 0.455 e. The summed E-state index contributed by atoms with van der Waals surface area (Å²) in [5, 5.41) is 2.29. The fraction of sp³-hybridized carbons (Fsp3) is 0.148. The summed E-state index contributed by atoms with van der Waals surface area (Å²) in [5.41, 5.74) is 8.72. The smallest absolute Gasteiger partial charge is 0.144 e. The molecule has 2 heterocycles. The SMILES string of the molecule is Cc1cc(-c2ccccc2)cc2c1oc1c(-c3cc(C(C)C)ccn3)cccc12. The number of aromatic nitrogens is 1. The van der Waals surface area contributed by atoms with Gasteiger partial charge in [0, 0.05) is 22.5 Å².